The molecule has 100 valence electrons. The number of nitrogens with zero attached hydrogens (tertiary/aromatic N) is 3. The molecular formula is C16H21N3. The molecule has 0 bridgehead atoms. The van der Waals surface area contributed by atoms with Crippen molar-refractivity contribution in [3.05, 3.63) is 47.2 Å². The first kappa shape index (κ1) is 13.7. The summed E-state index contributed by atoms with van der Waals surface area (Å²) in [5.74, 6) is 0. The van der Waals surface area contributed by atoms with Crippen LogP contribution in [-0.4, -0.2) is 29.2 Å². The molecule has 0 saturated carbocycles. The molecule has 0 aliphatic rings. The van der Waals surface area contributed by atoms with Gasteiger partial charge in [0, 0.05) is 11.6 Å². The fraction of sp³-hybridized carbons (Fsp3) is 0.375. The van der Waals surface area contributed by atoms with Crippen molar-refractivity contribution in [2.75, 3.05) is 14.1 Å². The van der Waals surface area contributed by atoms with Crippen LogP contribution in [0.2, 0.25) is 0 Å². The molecule has 0 fully saturated rings. The molecule has 0 saturated heterocycles. The van der Waals surface area contributed by atoms with E-state index in [1.165, 1.54) is 16.7 Å². The molecule has 3 nitrogen and oxygen atoms in total. The van der Waals surface area contributed by atoms with E-state index in [0.29, 0.717) is 6.04 Å². The van der Waals surface area contributed by atoms with Gasteiger partial charge in [-0.2, -0.15) is 10.2 Å². The number of rotatable bonds is 3. The second-order valence-corrected chi connectivity index (χ2v) is 5.26. The lowest BCUT2D eigenvalue weighted by atomic mass is 10.0. The van der Waals surface area contributed by atoms with Crippen LogP contribution in [0.25, 0.3) is 11.3 Å². The molecular weight excluding hydrogens is 234 g/mol. The van der Waals surface area contributed by atoms with E-state index in [1.807, 2.05) is 0 Å². The lowest BCUT2D eigenvalue weighted by Gasteiger charge is -2.20. The fourth-order valence-corrected chi connectivity index (χ4v) is 2.02. The van der Waals surface area contributed by atoms with Crippen molar-refractivity contribution >= 4 is 0 Å². The predicted molar refractivity (Wildman–Crippen MR) is 79.0 cm³/mol. The molecule has 0 spiro atoms. The first-order chi connectivity index (χ1) is 9.00. The minimum absolute atomic E-state index is 0.416. The van der Waals surface area contributed by atoms with E-state index in [4.69, 9.17) is 0 Å². The van der Waals surface area contributed by atoms with Crippen molar-refractivity contribution in [2.45, 2.75) is 26.8 Å². The molecule has 0 aliphatic carbocycles. The number of hydrogen-bond acceptors (Lipinski definition) is 3. The van der Waals surface area contributed by atoms with E-state index in [9.17, 15) is 0 Å². The molecule has 1 unspecified atom stereocenters. The van der Waals surface area contributed by atoms with Gasteiger partial charge in [0.2, 0.25) is 0 Å². The van der Waals surface area contributed by atoms with Gasteiger partial charge in [-0.1, -0.05) is 24.3 Å². The van der Waals surface area contributed by atoms with E-state index in [1.54, 1.807) is 6.20 Å². The number of benzene rings is 1. The summed E-state index contributed by atoms with van der Waals surface area (Å²) in [5.41, 5.74) is 5.79. The quantitative estimate of drug-likeness (QED) is 0.842. The summed E-state index contributed by atoms with van der Waals surface area (Å²) in [5, 5.41) is 8.31. The van der Waals surface area contributed by atoms with Crippen LogP contribution in [-0.2, 0) is 0 Å². The molecule has 3 heteroatoms. The standard InChI is InChI=1S/C16H21N3/c1-11-10-17-18-16(12(11)2)15-8-6-14(7-9-15)13(3)19(4)5/h6-10,13H,1-5H3. The highest BCUT2D eigenvalue weighted by Gasteiger charge is 2.10. The minimum Gasteiger partial charge on any atom is -0.303 e. The molecule has 0 aliphatic heterocycles. The second-order valence-electron chi connectivity index (χ2n) is 5.26. The zero-order valence-electron chi connectivity index (χ0n) is 12.3. The summed E-state index contributed by atoms with van der Waals surface area (Å²) in [6.45, 7) is 6.36. The Morgan fingerprint density at radius 1 is 1.05 bits per heavy atom. The van der Waals surface area contributed by atoms with Gasteiger partial charge in [0.15, 0.2) is 0 Å². The zero-order chi connectivity index (χ0) is 14.0. The molecule has 1 aromatic heterocycles. The second kappa shape index (κ2) is 5.49. The van der Waals surface area contributed by atoms with Crippen LogP contribution in [0, 0.1) is 13.8 Å². The molecule has 0 amide bonds. The summed E-state index contributed by atoms with van der Waals surface area (Å²) in [6, 6.07) is 9.02. The highest BCUT2D eigenvalue weighted by Crippen LogP contribution is 2.25. The third-order valence-corrected chi connectivity index (χ3v) is 3.80. The smallest absolute Gasteiger partial charge is 0.0961 e. The first-order valence-electron chi connectivity index (χ1n) is 6.56. The maximum Gasteiger partial charge on any atom is 0.0961 e. The Morgan fingerprint density at radius 3 is 2.26 bits per heavy atom. The molecule has 2 rings (SSSR count). The molecule has 0 N–H and O–H groups in total. The van der Waals surface area contributed by atoms with Crippen LogP contribution in [0.3, 0.4) is 0 Å². The maximum atomic E-state index is 4.26. The van der Waals surface area contributed by atoms with Gasteiger partial charge in [0.05, 0.1) is 11.9 Å². The van der Waals surface area contributed by atoms with Crippen molar-refractivity contribution in [1.82, 2.24) is 15.1 Å². The summed E-state index contributed by atoms with van der Waals surface area (Å²) >= 11 is 0. The van der Waals surface area contributed by atoms with E-state index < -0.39 is 0 Å². The zero-order valence-corrected chi connectivity index (χ0v) is 12.3. The highest BCUT2D eigenvalue weighted by atomic mass is 15.1. The van der Waals surface area contributed by atoms with Gasteiger partial charge in [0.25, 0.3) is 0 Å². The first-order valence-corrected chi connectivity index (χ1v) is 6.56. The van der Waals surface area contributed by atoms with Crippen LogP contribution >= 0.6 is 0 Å². The Bertz CT molecular complexity index is 559. The third-order valence-electron chi connectivity index (χ3n) is 3.80. The van der Waals surface area contributed by atoms with Crippen LogP contribution in [0.5, 0.6) is 0 Å². The summed E-state index contributed by atoms with van der Waals surface area (Å²) in [7, 11) is 4.18. The molecule has 2 aromatic rings. The maximum absolute atomic E-state index is 4.26. The summed E-state index contributed by atoms with van der Waals surface area (Å²) < 4.78 is 0. The number of aromatic nitrogens is 2. The van der Waals surface area contributed by atoms with Crippen LogP contribution < -0.4 is 0 Å². The predicted octanol–water partition coefficient (Wildman–Crippen LogP) is 3.38. The van der Waals surface area contributed by atoms with Gasteiger partial charge in [-0.3, -0.25) is 0 Å². The Morgan fingerprint density at radius 2 is 1.68 bits per heavy atom. The monoisotopic (exact) mass is 255 g/mol. The van der Waals surface area contributed by atoms with Crippen LogP contribution in [0.15, 0.2) is 30.5 Å². The van der Waals surface area contributed by atoms with E-state index in [2.05, 4.69) is 74.2 Å². The van der Waals surface area contributed by atoms with Gasteiger partial charge in [0.1, 0.15) is 0 Å². The summed E-state index contributed by atoms with van der Waals surface area (Å²) in [6.07, 6.45) is 1.81. The Kier molecular flexibility index (Phi) is 3.96. The molecule has 1 heterocycles. The molecule has 1 atom stereocenters. The van der Waals surface area contributed by atoms with Gasteiger partial charge >= 0.3 is 0 Å². The van der Waals surface area contributed by atoms with Crippen LogP contribution in [0.4, 0.5) is 0 Å². The Balaban J connectivity index is 2.35. The van der Waals surface area contributed by atoms with Crippen molar-refractivity contribution in [3.63, 3.8) is 0 Å². The highest BCUT2D eigenvalue weighted by molar-refractivity contribution is 5.63. The lowest BCUT2D eigenvalue weighted by molar-refractivity contribution is 0.321. The fourth-order valence-electron chi connectivity index (χ4n) is 2.02. The van der Waals surface area contributed by atoms with Crippen molar-refractivity contribution < 1.29 is 0 Å². The van der Waals surface area contributed by atoms with Gasteiger partial charge in [-0.25, -0.2) is 0 Å². The largest absolute Gasteiger partial charge is 0.303 e. The molecule has 19 heavy (non-hydrogen) atoms. The van der Waals surface area contributed by atoms with Crippen molar-refractivity contribution in [2.24, 2.45) is 0 Å². The summed E-state index contributed by atoms with van der Waals surface area (Å²) in [4.78, 5) is 2.20. The van der Waals surface area contributed by atoms with Crippen molar-refractivity contribution in [3.8, 4) is 11.3 Å². The normalized spacial score (nSPS) is 12.7. The van der Waals surface area contributed by atoms with Crippen molar-refractivity contribution in [1.29, 1.82) is 0 Å². The van der Waals surface area contributed by atoms with E-state index >= 15 is 0 Å². The lowest BCUT2D eigenvalue weighted by Crippen LogP contribution is -2.16. The molecule has 1 aromatic carbocycles. The minimum atomic E-state index is 0.416. The average molecular weight is 255 g/mol. The topological polar surface area (TPSA) is 29.0 Å². The van der Waals surface area contributed by atoms with Gasteiger partial charge in [-0.15, -0.1) is 0 Å². The van der Waals surface area contributed by atoms with E-state index in [0.717, 1.165) is 11.3 Å². The average Bonchev–Trinajstić information content (AvgIpc) is 2.41. The van der Waals surface area contributed by atoms with E-state index in [-0.39, 0.29) is 0 Å². The van der Waals surface area contributed by atoms with Gasteiger partial charge < -0.3 is 4.90 Å². The number of aryl methyl sites for hydroxylation is 1. The Labute approximate surface area is 115 Å². The molecule has 0 radical (unpaired) electrons. The Hall–Kier alpha value is -1.74. The number of hydrogen-bond donors (Lipinski definition) is 0. The SMILES string of the molecule is Cc1cnnc(-c2ccc(C(C)N(C)C)cc2)c1C. The van der Waals surface area contributed by atoms with Crippen LogP contribution in [0.1, 0.15) is 29.7 Å². The van der Waals surface area contributed by atoms with Gasteiger partial charge in [-0.05, 0) is 51.6 Å². The third kappa shape index (κ3) is 2.82.